The number of likely N-dealkylation sites (tertiary alicyclic amines) is 1. The summed E-state index contributed by atoms with van der Waals surface area (Å²) in [5.74, 6) is 0.403. The second-order valence-corrected chi connectivity index (χ2v) is 8.07. The summed E-state index contributed by atoms with van der Waals surface area (Å²) in [5, 5.41) is 0.486. The van der Waals surface area contributed by atoms with Crippen LogP contribution >= 0.6 is 11.6 Å². The van der Waals surface area contributed by atoms with E-state index in [0.717, 1.165) is 25.1 Å². The fourth-order valence-electron chi connectivity index (χ4n) is 2.55. The summed E-state index contributed by atoms with van der Waals surface area (Å²) < 4.78 is 26.5. The first-order valence-electron chi connectivity index (χ1n) is 6.71. The van der Waals surface area contributed by atoms with Crippen molar-refractivity contribution in [1.82, 2.24) is 9.21 Å². The lowest BCUT2D eigenvalue weighted by Crippen LogP contribution is -2.32. The first-order chi connectivity index (χ1) is 9.30. The third kappa shape index (κ3) is 3.34. The van der Waals surface area contributed by atoms with Crippen LogP contribution in [-0.4, -0.2) is 51.4 Å². The van der Waals surface area contributed by atoms with Crippen molar-refractivity contribution in [2.45, 2.75) is 18.2 Å². The van der Waals surface area contributed by atoms with Crippen molar-refractivity contribution >= 4 is 21.6 Å². The zero-order valence-corrected chi connectivity index (χ0v) is 13.7. The lowest BCUT2D eigenvalue weighted by atomic mass is 10.1. The minimum Gasteiger partial charge on any atom is -0.306 e. The second kappa shape index (κ2) is 6.02. The van der Waals surface area contributed by atoms with Gasteiger partial charge in [-0.25, -0.2) is 12.7 Å². The first-order valence-corrected chi connectivity index (χ1v) is 8.53. The molecule has 1 aromatic carbocycles. The summed E-state index contributed by atoms with van der Waals surface area (Å²) in [4.78, 5) is 2.50. The van der Waals surface area contributed by atoms with Crippen molar-refractivity contribution in [1.29, 1.82) is 0 Å². The summed E-state index contributed by atoms with van der Waals surface area (Å²) in [7, 11) is 0.251. The van der Waals surface area contributed by atoms with Gasteiger partial charge in [0.2, 0.25) is 10.0 Å². The van der Waals surface area contributed by atoms with Gasteiger partial charge in [-0.3, -0.25) is 0 Å². The van der Waals surface area contributed by atoms with Gasteiger partial charge in [0.1, 0.15) is 0 Å². The van der Waals surface area contributed by atoms with Crippen molar-refractivity contribution in [3.8, 4) is 0 Å². The Labute approximate surface area is 126 Å². The maximum Gasteiger partial charge on any atom is 0.242 e. The molecule has 0 amide bonds. The highest BCUT2D eigenvalue weighted by Gasteiger charge is 2.27. The molecule has 1 aliphatic rings. The van der Waals surface area contributed by atoms with E-state index >= 15 is 0 Å². The molecular weight excluding hydrogens is 296 g/mol. The van der Waals surface area contributed by atoms with E-state index in [1.165, 1.54) is 10.4 Å². The van der Waals surface area contributed by atoms with Crippen LogP contribution in [-0.2, 0) is 10.0 Å². The Bertz CT molecular complexity index is 589. The lowest BCUT2D eigenvalue weighted by molar-refractivity contribution is 0.357. The van der Waals surface area contributed by atoms with Gasteiger partial charge in [0, 0.05) is 25.2 Å². The number of sulfonamides is 1. The minimum atomic E-state index is -3.45. The van der Waals surface area contributed by atoms with Crippen LogP contribution in [0.1, 0.15) is 12.0 Å². The van der Waals surface area contributed by atoms with Crippen LogP contribution in [0, 0.1) is 12.8 Å². The number of nitrogens with zero attached hydrogens (tertiary/aromatic N) is 2. The van der Waals surface area contributed by atoms with Crippen molar-refractivity contribution in [3.63, 3.8) is 0 Å². The van der Waals surface area contributed by atoms with Gasteiger partial charge in [0.05, 0.1) is 4.90 Å². The zero-order valence-electron chi connectivity index (χ0n) is 12.1. The predicted molar refractivity (Wildman–Crippen MR) is 81.6 cm³/mol. The molecule has 0 spiro atoms. The molecule has 1 aromatic rings. The van der Waals surface area contributed by atoms with E-state index in [0.29, 0.717) is 17.5 Å². The molecule has 1 saturated heterocycles. The monoisotopic (exact) mass is 316 g/mol. The van der Waals surface area contributed by atoms with Gasteiger partial charge in [-0.15, -0.1) is 0 Å². The fourth-order valence-corrected chi connectivity index (χ4v) is 4.07. The Morgan fingerprint density at radius 2 is 2.15 bits per heavy atom. The number of rotatable bonds is 4. The minimum absolute atomic E-state index is 0.266. The molecule has 0 unspecified atom stereocenters. The van der Waals surface area contributed by atoms with Crippen LogP contribution in [0.25, 0.3) is 0 Å². The molecule has 1 heterocycles. The second-order valence-electron chi connectivity index (χ2n) is 5.61. The third-order valence-electron chi connectivity index (χ3n) is 3.86. The van der Waals surface area contributed by atoms with Gasteiger partial charge in [-0.1, -0.05) is 17.7 Å². The summed E-state index contributed by atoms with van der Waals surface area (Å²) in [6.45, 7) is 4.40. The highest BCUT2D eigenvalue weighted by Crippen LogP contribution is 2.24. The third-order valence-corrected chi connectivity index (χ3v) is 6.08. The molecule has 0 N–H and O–H groups in total. The van der Waals surface area contributed by atoms with E-state index in [9.17, 15) is 8.42 Å². The smallest absolute Gasteiger partial charge is 0.242 e. The van der Waals surface area contributed by atoms with Crippen molar-refractivity contribution in [2.24, 2.45) is 5.92 Å². The largest absolute Gasteiger partial charge is 0.306 e. The number of hydrogen-bond donors (Lipinski definition) is 0. The topological polar surface area (TPSA) is 40.6 Å². The summed E-state index contributed by atoms with van der Waals surface area (Å²) >= 11 is 6.02. The maximum atomic E-state index is 12.5. The summed E-state index contributed by atoms with van der Waals surface area (Å²) in [6.07, 6.45) is 1.05. The summed E-state index contributed by atoms with van der Waals surface area (Å²) in [6, 6.07) is 4.89. The van der Waals surface area contributed by atoms with E-state index in [-0.39, 0.29) is 4.90 Å². The molecule has 0 aromatic heterocycles. The molecular formula is C14H21ClN2O2S. The van der Waals surface area contributed by atoms with Gasteiger partial charge >= 0.3 is 0 Å². The number of halogens is 1. The molecule has 0 radical (unpaired) electrons. The zero-order chi connectivity index (χ0) is 14.9. The molecule has 4 nitrogen and oxygen atoms in total. The molecule has 112 valence electrons. The van der Waals surface area contributed by atoms with Crippen LogP contribution in [0.5, 0.6) is 0 Å². The average molecular weight is 317 g/mol. The Morgan fingerprint density at radius 3 is 2.70 bits per heavy atom. The highest BCUT2D eigenvalue weighted by molar-refractivity contribution is 7.89. The molecule has 2 rings (SSSR count). The fraction of sp³-hybridized carbons (Fsp3) is 0.571. The first kappa shape index (κ1) is 15.8. The molecule has 0 aliphatic carbocycles. The van der Waals surface area contributed by atoms with Crippen LogP contribution < -0.4 is 0 Å². The lowest BCUT2D eigenvalue weighted by Gasteiger charge is -2.21. The predicted octanol–water partition coefficient (Wildman–Crippen LogP) is 2.22. The Kier molecular flexibility index (Phi) is 4.74. The van der Waals surface area contributed by atoms with E-state index in [2.05, 4.69) is 11.9 Å². The Morgan fingerprint density at radius 1 is 1.45 bits per heavy atom. The van der Waals surface area contributed by atoms with E-state index in [1.54, 1.807) is 19.2 Å². The number of aryl methyl sites for hydroxylation is 1. The number of benzene rings is 1. The molecule has 0 bridgehead atoms. The van der Waals surface area contributed by atoms with Gasteiger partial charge < -0.3 is 4.90 Å². The maximum absolute atomic E-state index is 12.5. The van der Waals surface area contributed by atoms with Gasteiger partial charge in [-0.05, 0) is 50.6 Å². The van der Waals surface area contributed by atoms with E-state index in [1.807, 2.05) is 6.92 Å². The van der Waals surface area contributed by atoms with E-state index < -0.39 is 10.0 Å². The van der Waals surface area contributed by atoms with Crippen molar-refractivity contribution in [2.75, 3.05) is 33.7 Å². The standard InChI is InChI=1S/C14H21ClN2O2S/c1-11-4-5-13(8-14(11)15)20(18,19)17(3)10-12-6-7-16(2)9-12/h4-5,8,12H,6-7,9-10H2,1-3H3/t12-/m0/s1. The Balaban J connectivity index is 2.14. The van der Waals surface area contributed by atoms with Gasteiger partial charge in [0.25, 0.3) is 0 Å². The van der Waals surface area contributed by atoms with E-state index in [4.69, 9.17) is 11.6 Å². The average Bonchev–Trinajstić information content (AvgIpc) is 2.78. The number of hydrogen-bond acceptors (Lipinski definition) is 3. The molecule has 1 atom stereocenters. The highest BCUT2D eigenvalue weighted by atomic mass is 35.5. The molecule has 1 aliphatic heterocycles. The normalized spacial score (nSPS) is 20.8. The van der Waals surface area contributed by atoms with Gasteiger partial charge in [-0.2, -0.15) is 0 Å². The van der Waals surface area contributed by atoms with Crippen LogP contribution in [0.2, 0.25) is 5.02 Å². The molecule has 6 heteroatoms. The van der Waals surface area contributed by atoms with Crippen molar-refractivity contribution < 1.29 is 8.42 Å². The SMILES string of the molecule is Cc1ccc(S(=O)(=O)N(C)C[C@H]2CCN(C)C2)cc1Cl. The van der Waals surface area contributed by atoms with Crippen molar-refractivity contribution in [3.05, 3.63) is 28.8 Å². The van der Waals surface area contributed by atoms with Crippen LogP contribution in [0.15, 0.2) is 23.1 Å². The Hall–Kier alpha value is -0.620. The summed E-state index contributed by atoms with van der Waals surface area (Å²) in [5.41, 5.74) is 0.880. The van der Waals surface area contributed by atoms with Gasteiger partial charge in [0.15, 0.2) is 0 Å². The molecule has 0 saturated carbocycles. The molecule has 20 heavy (non-hydrogen) atoms. The van der Waals surface area contributed by atoms with Crippen LogP contribution in [0.3, 0.4) is 0 Å². The van der Waals surface area contributed by atoms with Crippen LogP contribution in [0.4, 0.5) is 0 Å². The quantitative estimate of drug-likeness (QED) is 0.855. The molecule has 1 fully saturated rings.